The third-order valence-corrected chi connectivity index (χ3v) is 5.06. The highest BCUT2D eigenvalue weighted by Crippen LogP contribution is 2.18. The van der Waals surface area contributed by atoms with Crippen LogP contribution in [0.15, 0.2) is 30.3 Å². The molecular weight excluding hydrogens is 344 g/mol. The fraction of sp³-hybridized carbons (Fsp3) is 0.611. The van der Waals surface area contributed by atoms with Crippen molar-refractivity contribution in [3.05, 3.63) is 35.9 Å². The first-order valence-electron chi connectivity index (χ1n) is 8.50. The molecule has 6 heteroatoms. The first-order chi connectivity index (χ1) is 11.3. The van der Waals surface area contributed by atoms with E-state index in [2.05, 4.69) is 12.1 Å². The van der Waals surface area contributed by atoms with Gasteiger partial charge in [0.25, 0.3) is 0 Å². The van der Waals surface area contributed by atoms with Crippen molar-refractivity contribution in [1.29, 1.82) is 0 Å². The van der Waals surface area contributed by atoms with E-state index in [4.69, 9.17) is 10.5 Å². The molecule has 1 heterocycles. The number of carbonyl (C=O) groups is 1. The lowest BCUT2D eigenvalue weighted by atomic mass is 10.1. The number of rotatable bonds is 9. The maximum atomic E-state index is 12.5. The zero-order valence-electron chi connectivity index (χ0n) is 14.2. The zero-order chi connectivity index (χ0) is 16.3. The largest absolute Gasteiger partial charge is 0.377 e. The lowest BCUT2D eigenvalue weighted by molar-refractivity contribution is -0.129. The van der Waals surface area contributed by atoms with Crippen LogP contribution in [0.3, 0.4) is 0 Å². The number of halogens is 1. The Hall–Kier alpha value is -0.750. The molecule has 2 N–H and O–H groups in total. The molecule has 1 aliphatic heterocycles. The summed E-state index contributed by atoms with van der Waals surface area (Å²) < 4.78 is 5.72. The van der Waals surface area contributed by atoms with Gasteiger partial charge in [0.2, 0.25) is 5.91 Å². The normalized spacial score (nSPS) is 17.1. The van der Waals surface area contributed by atoms with Gasteiger partial charge in [0.1, 0.15) is 0 Å². The fourth-order valence-electron chi connectivity index (χ4n) is 2.69. The summed E-state index contributed by atoms with van der Waals surface area (Å²) in [5.41, 5.74) is 6.77. The Balaban J connectivity index is 0.00000288. The molecule has 24 heavy (non-hydrogen) atoms. The van der Waals surface area contributed by atoms with Crippen molar-refractivity contribution in [2.45, 2.75) is 38.3 Å². The molecule has 0 bridgehead atoms. The smallest absolute Gasteiger partial charge is 0.232 e. The van der Waals surface area contributed by atoms with Crippen LogP contribution in [0.25, 0.3) is 0 Å². The Bertz CT molecular complexity index is 456. The highest BCUT2D eigenvalue weighted by atomic mass is 35.5. The van der Waals surface area contributed by atoms with Gasteiger partial charge in [0, 0.05) is 25.4 Å². The summed E-state index contributed by atoms with van der Waals surface area (Å²) >= 11 is 1.69. The number of nitrogens with zero attached hydrogens (tertiary/aromatic N) is 1. The summed E-state index contributed by atoms with van der Waals surface area (Å²) in [5.74, 6) is 1.64. The van der Waals surface area contributed by atoms with Gasteiger partial charge in [-0.2, -0.15) is 0 Å². The van der Waals surface area contributed by atoms with E-state index in [1.807, 2.05) is 23.1 Å². The summed E-state index contributed by atoms with van der Waals surface area (Å²) in [4.78, 5) is 14.4. The Labute approximate surface area is 155 Å². The van der Waals surface area contributed by atoms with Gasteiger partial charge in [-0.3, -0.25) is 4.79 Å². The predicted octanol–water partition coefficient (Wildman–Crippen LogP) is 3.09. The van der Waals surface area contributed by atoms with Crippen LogP contribution in [-0.4, -0.2) is 48.1 Å². The van der Waals surface area contributed by atoms with Gasteiger partial charge in [-0.15, -0.1) is 24.2 Å². The van der Waals surface area contributed by atoms with Crippen molar-refractivity contribution in [1.82, 2.24) is 4.90 Å². The minimum absolute atomic E-state index is 0. The summed E-state index contributed by atoms with van der Waals surface area (Å²) in [5, 5.41) is 0. The van der Waals surface area contributed by atoms with Gasteiger partial charge in [-0.1, -0.05) is 30.3 Å². The van der Waals surface area contributed by atoms with Gasteiger partial charge in [0.15, 0.2) is 0 Å². The van der Waals surface area contributed by atoms with Gasteiger partial charge in [-0.05, 0) is 37.8 Å². The zero-order valence-corrected chi connectivity index (χ0v) is 15.8. The average Bonchev–Trinajstić information content (AvgIpc) is 2.60. The highest BCUT2D eigenvalue weighted by Gasteiger charge is 2.17. The molecule has 1 saturated heterocycles. The summed E-state index contributed by atoms with van der Waals surface area (Å²) in [6, 6.07) is 10.1. The van der Waals surface area contributed by atoms with E-state index in [0.717, 1.165) is 31.7 Å². The standard InChI is InChI=1S/C18H28N2O2S.ClH/c19-10-6-11-20(13-16-7-2-1-3-8-16)18(21)15-23-14-17-9-4-5-12-22-17;/h1-3,7-8,17H,4-6,9-15,19H2;1H. The number of carbonyl (C=O) groups excluding carboxylic acids is 1. The second-order valence-electron chi connectivity index (χ2n) is 5.95. The molecule has 4 nitrogen and oxygen atoms in total. The van der Waals surface area contributed by atoms with Gasteiger partial charge in [-0.25, -0.2) is 0 Å². The Morgan fingerprint density at radius 1 is 1.29 bits per heavy atom. The van der Waals surface area contributed by atoms with E-state index >= 15 is 0 Å². The molecule has 1 unspecified atom stereocenters. The van der Waals surface area contributed by atoms with Crippen LogP contribution < -0.4 is 5.73 Å². The molecule has 1 fully saturated rings. The quantitative estimate of drug-likeness (QED) is 0.723. The van der Waals surface area contributed by atoms with Crippen LogP contribution in [0.2, 0.25) is 0 Å². The van der Waals surface area contributed by atoms with Crippen molar-refractivity contribution in [3.8, 4) is 0 Å². The molecular formula is C18H29ClN2O2S. The Morgan fingerprint density at radius 3 is 2.75 bits per heavy atom. The van der Waals surface area contributed by atoms with E-state index in [9.17, 15) is 4.79 Å². The molecule has 1 aromatic rings. The van der Waals surface area contributed by atoms with E-state index in [1.165, 1.54) is 18.4 Å². The molecule has 1 aromatic carbocycles. The SMILES string of the molecule is Cl.NCCCN(Cc1ccccc1)C(=O)CSCC1CCCCO1. The molecule has 0 aliphatic carbocycles. The van der Waals surface area contributed by atoms with Crippen LogP contribution in [-0.2, 0) is 16.1 Å². The third kappa shape index (κ3) is 7.88. The van der Waals surface area contributed by atoms with Crippen molar-refractivity contribution in [2.24, 2.45) is 5.73 Å². The maximum absolute atomic E-state index is 12.5. The monoisotopic (exact) mass is 372 g/mol. The minimum atomic E-state index is 0. The van der Waals surface area contributed by atoms with Gasteiger partial charge in [0.05, 0.1) is 11.9 Å². The molecule has 2 rings (SSSR count). The van der Waals surface area contributed by atoms with Gasteiger partial charge >= 0.3 is 0 Å². The number of amides is 1. The van der Waals surface area contributed by atoms with Crippen molar-refractivity contribution >= 4 is 30.1 Å². The van der Waals surface area contributed by atoms with E-state index in [1.54, 1.807) is 11.8 Å². The number of ether oxygens (including phenoxy) is 1. The first-order valence-corrected chi connectivity index (χ1v) is 9.66. The van der Waals surface area contributed by atoms with Crippen LogP contribution in [0, 0.1) is 0 Å². The molecule has 0 saturated carbocycles. The number of benzene rings is 1. The summed E-state index contributed by atoms with van der Waals surface area (Å²) in [6.45, 7) is 2.88. The lowest BCUT2D eigenvalue weighted by Crippen LogP contribution is -2.34. The Morgan fingerprint density at radius 2 is 2.08 bits per heavy atom. The lowest BCUT2D eigenvalue weighted by Gasteiger charge is -2.24. The van der Waals surface area contributed by atoms with Crippen molar-refractivity contribution < 1.29 is 9.53 Å². The second kappa shape index (κ2) is 12.6. The van der Waals surface area contributed by atoms with Crippen LogP contribution in [0.4, 0.5) is 0 Å². The summed E-state index contributed by atoms with van der Waals surface area (Å²) in [6.07, 6.45) is 4.71. The molecule has 136 valence electrons. The van der Waals surface area contributed by atoms with E-state index < -0.39 is 0 Å². The molecule has 0 radical (unpaired) electrons. The van der Waals surface area contributed by atoms with Gasteiger partial charge < -0.3 is 15.4 Å². The predicted molar refractivity (Wildman–Crippen MR) is 104 cm³/mol. The second-order valence-corrected chi connectivity index (χ2v) is 6.98. The van der Waals surface area contributed by atoms with Crippen molar-refractivity contribution in [2.75, 3.05) is 31.2 Å². The van der Waals surface area contributed by atoms with Crippen LogP contribution in [0.1, 0.15) is 31.2 Å². The molecule has 1 amide bonds. The molecule has 1 aliphatic rings. The number of hydrogen-bond donors (Lipinski definition) is 1. The number of thioether (sulfide) groups is 1. The van der Waals surface area contributed by atoms with Crippen LogP contribution >= 0.6 is 24.2 Å². The third-order valence-electron chi connectivity index (χ3n) is 4.00. The maximum Gasteiger partial charge on any atom is 0.232 e. The first kappa shape index (κ1) is 21.3. The fourth-order valence-corrected chi connectivity index (χ4v) is 3.69. The minimum Gasteiger partial charge on any atom is -0.377 e. The molecule has 0 aromatic heterocycles. The average molecular weight is 373 g/mol. The van der Waals surface area contributed by atoms with Crippen LogP contribution in [0.5, 0.6) is 0 Å². The summed E-state index contributed by atoms with van der Waals surface area (Å²) in [7, 11) is 0. The van der Waals surface area contributed by atoms with E-state index in [0.29, 0.717) is 24.9 Å². The highest BCUT2D eigenvalue weighted by molar-refractivity contribution is 7.99. The van der Waals surface area contributed by atoms with E-state index in [-0.39, 0.29) is 18.3 Å². The molecule has 0 spiro atoms. The molecule has 1 atom stereocenters. The van der Waals surface area contributed by atoms with Crippen molar-refractivity contribution in [3.63, 3.8) is 0 Å². The number of hydrogen-bond acceptors (Lipinski definition) is 4. The topological polar surface area (TPSA) is 55.6 Å². The Kier molecular flexibility index (Phi) is 11.2. The number of nitrogens with two attached hydrogens (primary N) is 1.